The van der Waals surface area contributed by atoms with Crippen LogP contribution in [0.2, 0.25) is 0 Å². The van der Waals surface area contributed by atoms with Crippen molar-refractivity contribution in [1.29, 1.82) is 0 Å². The zero-order valence-electron chi connectivity index (χ0n) is 10.3. The van der Waals surface area contributed by atoms with Crippen molar-refractivity contribution in [2.45, 2.75) is 13.3 Å². The van der Waals surface area contributed by atoms with Gasteiger partial charge in [0.2, 0.25) is 0 Å². The Morgan fingerprint density at radius 2 is 2.00 bits per heavy atom. The fraction of sp³-hybridized carbons (Fsp3) is 0.200. The summed E-state index contributed by atoms with van der Waals surface area (Å²) in [6.07, 6.45) is 2.01. The highest BCUT2D eigenvalue weighted by Gasteiger charge is 2.05. The molecule has 1 aromatic heterocycles. The van der Waals surface area contributed by atoms with E-state index in [1.807, 2.05) is 42.5 Å². The summed E-state index contributed by atoms with van der Waals surface area (Å²) in [5, 5.41) is 0. The van der Waals surface area contributed by atoms with Gasteiger partial charge < -0.3 is 4.74 Å². The molecule has 2 aromatic rings. The van der Waals surface area contributed by atoms with Gasteiger partial charge in [0.25, 0.3) is 0 Å². The Morgan fingerprint density at radius 3 is 2.72 bits per heavy atom. The molecule has 3 nitrogen and oxygen atoms in total. The number of benzene rings is 1. The SMILES string of the molecule is CCOC(=O)Cc1ccnc(-c2ccccc2)c1. The molecule has 0 fully saturated rings. The Hall–Kier alpha value is -2.16. The fourth-order valence-corrected chi connectivity index (χ4v) is 1.73. The molecule has 3 heteroatoms. The molecule has 0 unspecified atom stereocenters. The van der Waals surface area contributed by atoms with Crippen molar-refractivity contribution in [1.82, 2.24) is 4.98 Å². The second kappa shape index (κ2) is 5.96. The number of aromatic nitrogens is 1. The highest BCUT2D eigenvalue weighted by molar-refractivity contribution is 5.73. The lowest BCUT2D eigenvalue weighted by Crippen LogP contribution is -2.07. The molecule has 92 valence electrons. The van der Waals surface area contributed by atoms with Crippen LogP contribution in [0.15, 0.2) is 48.7 Å². The van der Waals surface area contributed by atoms with Crippen LogP contribution in [0.1, 0.15) is 12.5 Å². The van der Waals surface area contributed by atoms with Crippen LogP contribution in [0, 0.1) is 0 Å². The number of hydrogen-bond acceptors (Lipinski definition) is 3. The minimum atomic E-state index is -0.206. The lowest BCUT2D eigenvalue weighted by Gasteiger charge is -2.04. The molecule has 2 rings (SSSR count). The third-order valence-corrected chi connectivity index (χ3v) is 2.55. The Morgan fingerprint density at radius 1 is 1.22 bits per heavy atom. The first-order chi connectivity index (χ1) is 8.79. The minimum Gasteiger partial charge on any atom is -0.466 e. The third kappa shape index (κ3) is 3.17. The normalized spacial score (nSPS) is 10.1. The quantitative estimate of drug-likeness (QED) is 0.773. The van der Waals surface area contributed by atoms with E-state index in [0.29, 0.717) is 6.61 Å². The summed E-state index contributed by atoms with van der Waals surface area (Å²) in [5.41, 5.74) is 2.84. The number of pyridine rings is 1. The summed E-state index contributed by atoms with van der Waals surface area (Å²) < 4.78 is 4.93. The van der Waals surface area contributed by atoms with E-state index in [-0.39, 0.29) is 12.4 Å². The van der Waals surface area contributed by atoms with Crippen LogP contribution in [0.3, 0.4) is 0 Å². The van der Waals surface area contributed by atoms with E-state index in [1.165, 1.54) is 0 Å². The second-order valence-electron chi connectivity index (χ2n) is 3.90. The van der Waals surface area contributed by atoms with Crippen LogP contribution in [0.4, 0.5) is 0 Å². The van der Waals surface area contributed by atoms with Crippen molar-refractivity contribution in [2.75, 3.05) is 6.61 Å². The van der Waals surface area contributed by atoms with Crippen molar-refractivity contribution in [3.05, 3.63) is 54.2 Å². The molecule has 18 heavy (non-hydrogen) atoms. The number of nitrogens with zero attached hydrogens (tertiary/aromatic N) is 1. The summed E-state index contributed by atoms with van der Waals surface area (Å²) in [5.74, 6) is -0.206. The molecule has 1 heterocycles. The maximum Gasteiger partial charge on any atom is 0.310 e. The van der Waals surface area contributed by atoms with Crippen LogP contribution >= 0.6 is 0 Å². The van der Waals surface area contributed by atoms with Crippen molar-refractivity contribution in [3.8, 4) is 11.3 Å². The topological polar surface area (TPSA) is 39.2 Å². The monoisotopic (exact) mass is 241 g/mol. The van der Waals surface area contributed by atoms with E-state index in [2.05, 4.69) is 4.98 Å². The highest BCUT2D eigenvalue weighted by atomic mass is 16.5. The fourth-order valence-electron chi connectivity index (χ4n) is 1.73. The van der Waals surface area contributed by atoms with Gasteiger partial charge in [-0.25, -0.2) is 0 Å². The maximum atomic E-state index is 11.4. The smallest absolute Gasteiger partial charge is 0.310 e. The third-order valence-electron chi connectivity index (χ3n) is 2.55. The van der Waals surface area contributed by atoms with Crippen molar-refractivity contribution in [2.24, 2.45) is 0 Å². The largest absolute Gasteiger partial charge is 0.466 e. The van der Waals surface area contributed by atoms with E-state index in [9.17, 15) is 4.79 Å². The molecule has 0 atom stereocenters. The number of rotatable bonds is 4. The summed E-state index contributed by atoms with van der Waals surface area (Å²) in [7, 11) is 0. The van der Waals surface area contributed by atoms with Crippen molar-refractivity contribution >= 4 is 5.97 Å². The van der Waals surface area contributed by atoms with Gasteiger partial charge in [0, 0.05) is 11.8 Å². The number of carbonyl (C=O) groups is 1. The second-order valence-corrected chi connectivity index (χ2v) is 3.90. The molecule has 0 amide bonds. The molecular weight excluding hydrogens is 226 g/mol. The molecular formula is C15H15NO2. The number of carbonyl (C=O) groups excluding carboxylic acids is 1. The average Bonchev–Trinajstić information content (AvgIpc) is 2.40. The molecule has 0 aliphatic carbocycles. The van der Waals surface area contributed by atoms with Crippen molar-refractivity contribution in [3.63, 3.8) is 0 Å². The van der Waals surface area contributed by atoms with Gasteiger partial charge in [0.05, 0.1) is 18.7 Å². The summed E-state index contributed by atoms with van der Waals surface area (Å²) in [6.45, 7) is 2.22. The van der Waals surface area contributed by atoms with Gasteiger partial charge in [-0.3, -0.25) is 9.78 Å². The van der Waals surface area contributed by atoms with Gasteiger partial charge in [-0.1, -0.05) is 30.3 Å². The zero-order chi connectivity index (χ0) is 12.8. The Labute approximate surface area is 106 Å². The molecule has 0 radical (unpaired) electrons. The molecule has 0 saturated heterocycles. The number of esters is 1. The van der Waals surface area contributed by atoms with Gasteiger partial charge >= 0.3 is 5.97 Å². The Balaban J connectivity index is 2.18. The number of ether oxygens (including phenoxy) is 1. The maximum absolute atomic E-state index is 11.4. The zero-order valence-corrected chi connectivity index (χ0v) is 10.3. The molecule has 0 spiro atoms. The predicted octanol–water partition coefficient (Wildman–Crippen LogP) is 2.85. The van der Waals surface area contributed by atoms with Gasteiger partial charge in [-0.05, 0) is 24.6 Å². The van der Waals surface area contributed by atoms with Gasteiger partial charge in [0.15, 0.2) is 0 Å². The van der Waals surface area contributed by atoms with E-state index in [4.69, 9.17) is 4.74 Å². The molecule has 0 bridgehead atoms. The Bertz CT molecular complexity index is 523. The standard InChI is InChI=1S/C15H15NO2/c1-2-18-15(17)11-12-8-9-16-14(10-12)13-6-4-3-5-7-13/h3-10H,2,11H2,1H3. The van der Waals surface area contributed by atoms with E-state index in [0.717, 1.165) is 16.8 Å². The van der Waals surface area contributed by atoms with Crippen molar-refractivity contribution < 1.29 is 9.53 Å². The first kappa shape index (κ1) is 12.3. The summed E-state index contributed by atoms with van der Waals surface area (Å²) >= 11 is 0. The molecule has 0 aliphatic rings. The van der Waals surface area contributed by atoms with E-state index in [1.54, 1.807) is 13.1 Å². The minimum absolute atomic E-state index is 0.206. The van der Waals surface area contributed by atoms with Crippen LogP contribution in [-0.2, 0) is 16.0 Å². The lowest BCUT2D eigenvalue weighted by molar-refractivity contribution is -0.142. The highest BCUT2D eigenvalue weighted by Crippen LogP contribution is 2.17. The molecule has 0 aliphatic heterocycles. The van der Waals surface area contributed by atoms with Crippen LogP contribution in [0.5, 0.6) is 0 Å². The first-order valence-electron chi connectivity index (χ1n) is 5.95. The van der Waals surface area contributed by atoms with Crippen LogP contribution in [0.25, 0.3) is 11.3 Å². The van der Waals surface area contributed by atoms with E-state index < -0.39 is 0 Å². The average molecular weight is 241 g/mol. The van der Waals surface area contributed by atoms with Gasteiger partial charge in [0.1, 0.15) is 0 Å². The van der Waals surface area contributed by atoms with E-state index >= 15 is 0 Å². The van der Waals surface area contributed by atoms with Gasteiger partial charge in [-0.2, -0.15) is 0 Å². The summed E-state index contributed by atoms with van der Waals surface area (Å²) in [6, 6.07) is 13.7. The first-order valence-corrected chi connectivity index (χ1v) is 5.95. The van der Waals surface area contributed by atoms with Gasteiger partial charge in [-0.15, -0.1) is 0 Å². The predicted molar refractivity (Wildman–Crippen MR) is 70.0 cm³/mol. The molecule has 0 saturated carbocycles. The molecule has 1 aromatic carbocycles. The lowest BCUT2D eigenvalue weighted by atomic mass is 10.1. The molecule has 0 N–H and O–H groups in total. The Kier molecular flexibility index (Phi) is 4.07. The van der Waals surface area contributed by atoms with Crippen LogP contribution < -0.4 is 0 Å². The van der Waals surface area contributed by atoms with Crippen LogP contribution in [-0.4, -0.2) is 17.6 Å². The summed E-state index contributed by atoms with van der Waals surface area (Å²) in [4.78, 5) is 15.7. The number of hydrogen-bond donors (Lipinski definition) is 0.